The van der Waals surface area contributed by atoms with Gasteiger partial charge in [0.2, 0.25) is 0 Å². The topological polar surface area (TPSA) is 68.1 Å². The average Bonchev–Trinajstić information content (AvgIpc) is 3.24. The van der Waals surface area contributed by atoms with Crippen molar-refractivity contribution in [2.24, 2.45) is 0 Å². The number of amides is 1. The molecule has 0 atom stereocenters. The summed E-state index contributed by atoms with van der Waals surface area (Å²) in [6.45, 7) is 8.99. The van der Waals surface area contributed by atoms with Gasteiger partial charge in [-0.2, -0.15) is 0 Å². The minimum Gasteiger partial charge on any atom is -0.487 e. The fourth-order valence-electron chi connectivity index (χ4n) is 4.31. The molecule has 0 spiro atoms. The number of carbonyl (C=O) groups excluding carboxylic acids is 1. The quantitative estimate of drug-likeness (QED) is 0.722. The maximum absolute atomic E-state index is 13.3. The number of imidazole rings is 1. The van der Waals surface area contributed by atoms with Crippen LogP contribution in [0.1, 0.15) is 35.5 Å². The number of nitrogens with one attached hydrogen (secondary N) is 1. The number of aromatic nitrogens is 2. The Bertz CT molecular complexity index is 1130. The van der Waals surface area contributed by atoms with E-state index in [2.05, 4.69) is 41.2 Å². The zero-order valence-electron chi connectivity index (χ0n) is 17.6. The molecule has 2 aromatic heterocycles. The van der Waals surface area contributed by atoms with E-state index in [0.717, 1.165) is 47.9 Å². The second-order valence-electron chi connectivity index (χ2n) is 8.60. The zero-order chi connectivity index (χ0) is 20.9. The monoisotopic (exact) mass is 406 g/mol. The molecular formula is C23H26N4O3. The first-order chi connectivity index (χ1) is 14.4. The van der Waals surface area contributed by atoms with Gasteiger partial charge in [-0.15, -0.1) is 0 Å². The summed E-state index contributed by atoms with van der Waals surface area (Å²) in [5, 5.41) is 3.15. The molecule has 0 radical (unpaired) electrons. The molecule has 7 heteroatoms. The largest absolute Gasteiger partial charge is 0.487 e. The van der Waals surface area contributed by atoms with Crippen molar-refractivity contribution in [2.45, 2.75) is 32.8 Å². The second kappa shape index (κ2) is 7.02. The van der Waals surface area contributed by atoms with Gasteiger partial charge in [0.15, 0.2) is 0 Å². The molecule has 1 amide bonds. The van der Waals surface area contributed by atoms with Gasteiger partial charge in [-0.05, 0) is 39.0 Å². The van der Waals surface area contributed by atoms with E-state index in [4.69, 9.17) is 9.47 Å². The minimum absolute atomic E-state index is 0.168. The molecule has 156 valence electrons. The molecule has 1 fully saturated rings. The SMILES string of the molecule is Cc1cn2cccc(C(=O)Nc3cc4c(cc3N3CCOCC3)OC(C)(C)C4)c2n1. The van der Waals surface area contributed by atoms with E-state index in [-0.39, 0.29) is 11.5 Å². The number of hydrogen-bond donors (Lipinski definition) is 1. The highest BCUT2D eigenvalue weighted by Crippen LogP contribution is 2.42. The molecule has 1 N–H and O–H groups in total. The van der Waals surface area contributed by atoms with Crippen LogP contribution in [0.15, 0.2) is 36.7 Å². The number of carbonyl (C=O) groups is 1. The predicted molar refractivity (Wildman–Crippen MR) is 116 cm³/mol. The number of hydrogen-bond acceptors (Lipinski definition) is 5. The van der Waals surface area contributed by atoms with Crippen LogP contribution in [0.2, 0.25) is 0 Å². The van der Waals surface area contributed by atoms with E-state index >= 15 is 0 Å². The summed E-state index contributed by atoms with van der Waals surface area (Å²) in [5.74, 6) is 0.726. The van der Waals surface area contributed by atoms with Crippen molar-refractivity contribution in [1.82, 2.24) is 9.38 Å². The molecule has 7 nitrogen and oxygen atoms in total. The first-order valence-electron chi connectivity index (χ1n) is 10.3. The van der Waals surface area contributed by atoms with Crippen molar-refractivity contribution >= 4 is 22.9 Å². The van der Waals surface area contributed by atoms with Gasteiger partial charge in [-0.3, -0.25) is 4.79 Å². The number of rotatable bonds is 3. The van der Waals surface area contributed by atoms with Crippen molar-refractivity contribution in [1.29, 1.82) is 0 Å². The van der Waals surface area contributed by atoms with Crippen LogP contribution in [0, 0.1) is 6.92 Å². The number of ether oxygens (including phenoxy) is 2. The van der Waals surface area contributed by atoms with Crippen LogP contribution in [0.3, 0.4) is 0 Å². The fraction of sp³-hybridized carbons (Fsp3) is 0.391. The highest BCUT2D eigenvalue weighted by Gasteiger charge is 2.32. The Morgan fingerprint density at radius 3 is 2.83 bits per heavy atom. The molecule has 3 aromatic rings. The first kappa shape index (κ1) is 18.9. The molecule has 2 aliphatic rings. The van der Waals surface area contributed by atoms with Crippen LogP contribution >= 0.6 is 0 Å². The average molecular weight is 406 g/mol. The van der Waals surface area contributed by atoms with Crippen LogP contribution in [0.4, 0.5) is 11.4 Å². The second-order valence-corrected chi connectivity index (χ2v) is 8.60. The maximum Gasteiger partial charge on any atom is 0.259 e. The van der Waals surface area contributed by atoms with Crippen LogP contribution in [-0.2, 0) is 11.2 Å². The van der Waals surface area contributed by atoms with Crippen molar-refractivity contribution in [2.75, 3.05) is 36.5 Å². The Morgan fingerprint density at radius 2 is 2.03 bits per heavy atom. The lowest BCUT2D eigenvalue weighted by Crippen LogP contribution is -2.36. The van der Waals surface area contributed by atoms with Gasteiger partial charge in [-0.1, -0.05) is 0 Å². The summed E-state index contributed by atoms with van der Waals surface area (Å²) in [7, 11) is 0. The lowest BCUT2D eigenvalue weighted by Gasteiger charge is -2.31. The van der Waals surface area contributed by atoms with Crippen molar-refractivity contribution in [3.05, 3.63) is 53.5 Å². The van der Waals surface area contributed by atoms with Gasteiger partial charge in [0, 0.05) is 43.5 Å². The van der Waals surface area contributed by atoms with Crippen LogP contribution in [-0.4, -0.2) is 47.2 Å². The third-order valence-corrected chi connectivity index (χ3v) is 5.63. The van der Waals surface area contributed by atoms with E-state index in [9.17, 15) is 4.79 Å². The normalized spacial score (nSPS) is 17.6. The van der Waals surface area contributed by atoms with Gasteiger partial charge < -0.3 is 24.1 Å². The molecule has 1 aromatic carbocycles. The minimum atomic E-state index is -0.244. The number of benzene rings is 1. The van der Waals surface area contributed by atoms with Crippen molar-refractivity contribution in [3.63, 3.8) is 0 Å². The molecule has 0 unspecified atom stereocenters. The van der Waals surface area contributed by atoms with Gasteiger partial charge >= 0.3 is 0 Å². The van der Waals surface area contributed by atoms with E-state index in [1.807, 2.05) is 35.9 Å². The number of morpholine rings is 1. The lowest BCUT2D eigenvalue weighted by atomic mass is 10.0. The Morgan fingerprint density at radius 1 is 1.23 bits per heavy atom. The van der Waals surface area contributed by atoms with Gasteiger partial charge in [0.25, 0.3) is 5.91 Å². The number of aryl methyl sites for hydroxylation is 1. The van der Waals surface area contributed by atoms with Crippen molar-refractivity contribution in [3.8, 4) is 5.75 Å². The lowest BCUT2D eigenvalue weighted by molar-refractivity contribution is 0.102. The van der Waals surface area contributed by atoms with Gasteiger partial charge in [0.05, 0.1) is 35.8 Å². The smallest absolute Gasteiger partial charge is 0.259 e. The number of pyridine rings is 1. The molecule has 30 heavy (non-hydrogen) atoms. The Labute approximate surface area is 175 Å². The van der Waals surface area contributed by atoms with E-state index in [1.54, 1.807) is 0 Å². The van der Waals surface area contributed by atoms with Crippen LogP contribution < -0.4 is 15.0 Å². The van der Waals surface area contributed by atoms with E-state index < -0.39 is 0 Å². The molecule has 2 aliphatic heterocycles. The highest BCUT2D eigenvalue weighted by molar-refractivity contribution is 6.09. The number of fused-ring (bicyclic) bond motifs is 2. The molecule has 0 bridgehead atoms. The van der Waals surface area contributed by atoms with Crippen LogP contribution in [0.25, 0.3) is 5.65 Å². The fourth-order valence-corrected chi connectivity index (χ4v) is 4.31. The Hall–Kier alpha value is -3.06. The van der Waals surface area contributed by atoms with Crippen molar-refractivity contribution < 1.29 is 14.3 Å². The first-order valence-corrected chi connectivity index (χ1v) is 10.3. The number of nitrogens with zero attached hydrogens (tertiary/aromatic N) is 3. The summed E-state index contributed by atoms with van der Waals surface area (Å²) in [6, 6.07) is 7.80. The molecule has 0 aliphatic carbocycles. The van der Waals surface area contributed by atoms with E-state index in [0.29, 0.717) is 24.4 Å². The molecule has 1 saturated heterocycles. The molecular weight excluding hydrogens is 380 g/mol. The van der Waals surface area contributed by atoms with Gasteiger partial charge in [-0.25, -0.2) is 4.98 Å². The Kier molecular flexibility index (Phi) is 4.43. The highest BCUT2D eigenvalue weighted by atomic mass is 16.5. The molecule has 5 rings (SSSR count). The third kappa shape index (κ3) is 3.39. The summed E-state index contributed by atoms with van der Waals surface area (Å²) in [6.07, 6.45) is 4.63. The summed E-state index contributed by atoms with van der Waals surface area (Å²) >= 11 is 0. The molecule has 0 saturated carbocycles. The number of anilines is 2. The molecule has 4 heterocycles. The summed E-state index contributed by atoms with van der Waals surface area (Å²) < 4.78 is 13.5. The summed E-state index contributed by atoms with van der Waals surface area (Å²) in [4.78, 5) is 20.0. The summed E-state index contributed by atoms with van der Waals surface area (Å²) in [5.41, 5.74) is 4.72. The van der Waals surface area contributed by atoms with E-state index in [1.165, 1.54) is 0 Å². The Balaban J connectivity index is 1.53. The maximum atomic E-state index is 13.3. The predicted octanol–water partition coefficient (Wildman–Crippen LogP) is 3.45. The van der Waals surface area contributed by atoms with Gasteiger partial charge in [0.1, 0.15) is 17.0 Å². The zero-order valence-corrected chi connectivity index (χ0v) is 17.6. The third-order valence-electron chi connectivity index (χ3n) is 5.63. The standard InChI is InChI=1S/C23H26N4O3/c1-15-14-27-6-4-5-17(21(27)24-15)22(28)25-18-11-16-13-23(2,3)30-20(16)12-19(18)26-7-9-29-10-8-26/h4-6,11-12,14H,7-10,13H2,1-3H3,(H,25,28). The van der Waals surface area contributed by atoms with Crippen LogP contribution in [0.5, 0.6) is 5.75 Å².